The van der Waals surface area contributed by atoms with Gasteiger partial charge in [0.1, 0.15) is 0 Å². The molecule has 0 spiro atoms. The highest BCUT2D eigenvalue weighted by molar-refractivity contribution is 9.09. The molecule has 0 atom stereocenters. The lowest BCUT2D eigenvalue weighted by Gasteiger charge is -2.18. The number of halogens is 7. The molecule has 2 aromatic rings. The molecular weight excluding hydrogens is 474 g/mol. The van der Waals surface area contributed by atoms with Crippen molar-refractivity contribution in [3.63, 3.8) is 0 Å². The van der Waals surface area contributed by atoms with Crippen molar-refractivity contribution in [3.05, 3.63) is 71.3 Å². The number of aliphatic hydroxyl groups is 1. The lowest BCUT2D eigenvalue weighted by Crippen LogP contribution is -2.11. The maximum atomic E-state index is 12.2. The Morgan fingerprint density at radius 3 is 1.40 bits per heavy atom. The molecule has 30 heavy (non-hydrogen) atoms. The van der Waals surface area contributed by atoms with Crippen LogP contribution >= 0.6 is 15.9 Å². The highest BCUT2D eigenvalue weighted by atomic mass is 79.9. The van der Waals surface area contributed by atoms with Gasteiger partial charge in [0.15, 0.2) is 0 Å². The molecule has 0 aromatic heterocycles. The van der Waals surface area contributed by atoms with Crippen LogP contribution in [0.3, 0.4) is 0 Å². The highest BCUT2D eigenvalue weighted by Gasteiger charge is 2.36. The number of hydrogen-bond acceptors (Lipinski definition) is 1. The summed E-state index contributed by atoms with van der Waals surface area (Å²) in [6.45, 7) is -0.882. The molecule has 1 fully saturated rings. The summed E-state index contributed by atoms with van der Waals surface area (Å²) in [6, 6.07) is 13.0. The SMILES string of the molecule is BrCC1CCCCC1.OCc1cc(C(F)(F)F)cc(C(F)(F)F)c1.c1ccccc1. The zero-order valence-corrected chi connectivity index (χ0v) is 17.9. The molecule has 0 bridgehead atoms. The largest absolute Gasteiger partial charge is 0.416 e. The standard InChI is InChI=1S/C9H6F6O.C7H13Br.C6H6/c10-8(11,12)6-1-5(4-16)2-7(3-6)9(13,14)15;8-6-7-4-2-1-3-5-7;1-2-4-6-5-3-1/h1-3,16H,4H2;7H,1-6H2;1-6H. The van der Waals surface area contributed by atoms with Crippen molar-refractivity contribution in [2.45, 2.75) is 51.1 Å². The number of hydrogen-bond donors (Lipinski definition) is 1. The normalized spacial score (nSPS) is 14.8. The summed E-state index contributed by atoms with van der Waals surface area (Å²) in [7, 11) is 0. The molecule has 1 saturated carbocycles. The molecule has 1 aliphatic carbocycles. The van der Waals surface area contributed by atoms with Crippen LogP contribution in [0.4, 0.5) is 26.3 Å². The van der Waals surface area contributed by atoms with Gasteiger partial charge in [0, 0.05) is 5.33 Å². The Labute approximate surface area is 181 Å². The minimum Gasteiger partial charge on any atom is -0.392 e. The third-order valence-electron chi connectivity index (χ3n) is 4.44. The van der Waals surface area contributed by atoms with Gasteiger partial charge < -0.3 is 5.11 Å². The third kappa shape index (κ3) is 10.5. The van der Waals surface area contributed by atoms with Gasteiger partial charge in [-0.3, -0.25) is 0 Å². The Kier molecular flexibility index (Phi) is 11.5. The third-order valence-corrected chi connectivity index (χ3v) is 5.36. The van der Waals surface area contributed by atoms with E-state index in [1.165, 1.54) is 37.4 Å². The quantitative estimate of drug-likeness (QED) is 0.330. The predicted molar refractivity (Wildman–Crippen MR) is 109 cm³/mol. The molecule has 0 heterocycles. The Morgan fingerprint density at radius 1 is 0.733 bits per heavy atom. The van der Waals surface area contributed by atoms with Crippen LogP contribution < -0.4 is 0 Å². The summed E-state index contributed by atoms with van der Waals surface area (Å²) < 4.78 is 73.3. The van der Waals surface area contributed by atoms with Gasteiger partial charge in [-0.05, 0) is 42.5 Å². The number of aliphatic hydroxyl groups excluding tert-OH is 1. The van der Waals surface area contributed by atoms with Crippen molar-refractivity contribution in [2.24, 2.45) is 5.92 Å². The van der Waals surface area contributed by atoms with E-state index in [1.807, 2.05) is 36.4 Å². The van der Waals surface area contributed by atoms with E-state index >= 15 is 0 Å². The van der Waals surface area contributed by atoms with E-state index in [0.29, 0.717) is 12.1 Å². The molecule has 0 unspecified atom stereocenters. The Hall–Kier alpha value is -1.54. The van der Waals surface area contributed by atoms with Crippen LogP contribution in [0.15, 0.2) is 54.6 Å². The topological polar surface area (TPSA) is 20.2 Å². The van der Waals surface area contributed by atoms with Gasteiger partial charge in [0.2, 0.25) is 0 Å². The second kappa shape index (κ2) is 13.0. The van der Waals surface area contributed by atoms with E-state index in [9.17, 15) is 26.3 Å². The van der Waals surface area contributed by atoms with Crippen molar-refractivity contribution in [3.8, 4) is 0 Å². The molecule has 0 radical (unpaired) electrons. The van der Waals surface area contributed by atoms with Crippen molar-refractivity contribution < 1.29 is 31.4 Å². The van der Waals surface area contributed by atoms with Crippen molar-refractivity contribution >= 4 is 15.9 Å². The minimum absolute atomic E-state index is 0.0131. The van der Waals surface area contributed by atoms with Crippen LogP contribution in [0.1, 0.15) is 48.8 Å². The Bertz CT molecular complexity index is 651. The van der Waals surface area contributed by atoms with Crippen molar-refractivity contribution in [1.29, 1.82) is 0 Å². The van der Waals surface area contributed by atoms with Gasteiger partial charge in [-0.25, -0.2) is 0 Å². The van der Waals surface area contributed by atoms with Crippen LogP contribution in [-0.2, 0) is 19.0 Å². The molecule has 168 valence electrons. The lowest BCUT2D eigenvalue weighted by atomic mass is 9.91. The molecule has 0 saturated heterocycles. The molecule has 0 amide bonds. The van der Waals surface area contributed by atoms with Gasteiger partial charge in [-0.15, -0.1) is 0 Å². The fourth-order valence-electron chi connectivity index (χ4n) is 2.84. The first-order chi connectivity index (χ1) is 14.1. The van der Waals surface area contributed by atoms with Crippen molar-refractivity contribution in [1.82, 2.24) is 0 Å². The number of alkyl halides is 7. The van der Waals surface area contributed by atoms with Gasteiger partial charge >= 0.3 is 12.4 Å². The van der Waals surface area contributed by atoms with Crippen LogP contribution in [0, 0.1) is 5.92 Å². The Balaban J connectivity index is 0.000000263. The monoisotopic (exact) mass is 498 g/mol. The summed E-state index contributed by atoms with van der Waals surface area (Å²) >= 11 is 3.51. The van der Waals surface area contributed by atoms with Gasteiger partial charge in [0.05, 0.1) is 17.7 Å². The first-order valence-corrected chi connectivity index (χ1v) is 10.6. The maximum absolute atomic E-state index is 12.2. The highest BCUT2D eigenvalue weighted by Crippen LogP contribution is 2.36. The summed E-state index contributed by atoms with van der Waals surface area (Å²) in [5, 5.41) is 9.81. The molecule has 1 aliphatic rings. The van der Waals surface area contributed by atoms with E-state index in [0.717, 1.165) is 5.92 Å². The molecular formula is C22H25BrF6O. The maximum Gasteiger partial charge on any atom is 0.416 e. The molecule has 8 heteroatoms. The van der Waals surface area contributed by atoms with Gasteiger partial charge in [-0.1, -0.05) is 71.6 Å². The second-order valence-electron chi connectivity index (χ2n) is 6.89. The van der Waals surface area contributed by atoms with Gasteiger partial charge in [-0.2, -0.15) is 26.3 Å². The number of benzene rings is 2. The number of rotatable bonds is 2. The first kappa shape index (κ1) is 26.5. The smallest absolute Gasteiger partial charge is 0.392 e. The van der Waals surface area contributed by atoms with Crippen molar-refractivity contribution in [2.75, 3.05) is 5.33 Å². The average molecular weight is 499 g/mol. The zero-order valence-electron chi connectivity index (χ0n) is 16.3. The first-order valence-electron chi connectivity index (χ1n) is 9.53. The van der Waals surface area contributed by atoms with Crippen LogP contribution in [0.2, 0.25) is 0 Å². The fraction of sp³-hybridized carbons (Fsp3) is 0.455. The zero-order chi connectivity index (χ0) is 22.6. The van der Waals surface area contributed by atoms with Gasteiger partial charge in [0.25, 0.3) is 0 Å². The minimum atomic E-state index is -4.87. The molecule has 3 rings (SSSR count). The van der Waals surface area contributed by atoms with Crippen LogP contribution in [-0.4, -0.2) is 10.4 Å². The summed E-state index contributed by atoms with van der Waals surface area (Å²) in [5.41, 5.74) is -3.28. The lowest BCUT2D eigenvalue weighted by molar-refractivity contribution is -0.143. The average Bonchev–Trinajstić information content (AvgIpc) is 2.75. The summed E-state index contributed by atoms with van der Waals surface area (Å²) in [5.74, 6) is 1.00. The van der Waals surface area contributed by atoms with E-state index < -0.39 is 35.6 Å². The van der Waals surface area contributed by atoms with E-state index in [-0.39, 0.29) is 6.07 Å². The second-order valence-corrected chi connectivity index (χ2v) is 7.53. The summed E-state index contributed by atoms with van der Waals surface area (Å²) in [6.07, 6.45) is -2.40. The Morgan fingerprint density at radius 2 is 1.13 bits per heavy atom. The molecule has 1 nitrogen and oxygen atoms in total. The van der Waals surface area contributed by atoms with Crippen LogP contribution in [0.5, 0.6) is 0 Å². The predicted octanol–water partition coefficient (Wildman–Crippen LogP) is 7.86. The van der Waals surface area contributed by atoms with Crippen LogP contribution in [0.25, 0.3) is 0 Å². The van der Waals surface area contributed by atoms with E-state index in [2.05, 4.69) is 15.9 Å². The fourth-order valence-corrected chi connectivity index (χ4v) is 3.48. The molecule has 1 N–H and O–H groups in total. The van der Waals surface area contributed by atoms with E-state index in [4.69, 9.17) is 5.11 Å². The van der Waals surface area contributed by atoms with E-state index in [1.54, 1.807) is 0 Å². The molecule has 0 aliphatic heterocycles. The summed E-state index contributed by atoms with van der Waals surface area (Å²) in [4.78, 5) is 0. The molecule has 2 aromatic carbocycles.